The molecular weight excluding hydrogens is 184 g/mol. The monoisotopic (exact) mass is 212 g/mol. The summed E-state index contributed by atoms with van der Waals surface area (Å²) in [6.07, 6.45) is 7.68. The summed E-state index contributed by atoms with van der Waals surface area (Å²) in [7, 11) is 0. The second-order valence-corrected chi connectivity index (χ2v) is 6.51. The molecule has 0 radical (unpaired) electrons. The molecule has 1 N–H and O–H groups in total. The van der Waals surface area contributed by atoms with Crippen LogP contribution in [0.25, 0.3) is 0 Å². The molecule has 0 saturated heterocycles. The molecule has 1 heteroatoms. The Morgan fingerprint density at radius 1 is 1.13 bits per heavy atom. The first kappa shape index (κ1) is 13.0. The molecule has 0 aromatic heterocycles. The van der Waals surface area contributed by atoms with Crippen LogP contribution in [0.4, 0.5) is 0 Å². The molecule has 0 aromatic carbocycles. The summed E-state index contributed by atoms with van der Waals surface area (Å²) in [6, 6.07) is 0. The molecule has 1 nitrogen and oxygen atoms in total. The van der Waals surface area contributed by atoms with Crippen molar-refractivity contribution in [3.8, 4) is 0 Å². The van der Waals surface area contributed by atoms with Gasteiger partial charge in [0.25, 0.3) is 0 Å². The minimum absolute atomic E-state index is 0.106. The maximum absolute atomic E-state index is 9.26. The summed E-state index contributed by atoms with van der Waals surface area (Å²) in [5.74, 6) is 1.80. The van der Waals surface area contributed by atoms with Crippen molar-refractivity contribution >= 4 is 0 Å². The quantitative estimate of drug-likeness (QED) is 0.749. The van der Waals surface area contributed by atoms with Gasteiger partial charge in [0, 0.05) is 0 Å². The van der Waals surface area contributed by atoms with Crippen molar-refractivity contribution in [3.05, 3.63) is 0 Å². The largest absolute Gasteiger partial charge is 0.393 e. The fraction of sp³-hybridized carbons (Fsp3) is 1.00. The molecule has 0 bridgehead atoms. The van der Waals surface area contributed by atoms with E-state index in [4.69, 9.17) is 0 Å². The Bertz CT molecular complexity index is 170. The third-order valence-corrected chi connectivity index (χ3v) is 4.06. The van der Waals surface area contributed by atoms with E-state index in [9.17, 15) is 5.11 Å². The van der Waals surface area contributed by atoms with E-state index in [1.807, 2.05) is 6.92 Å². The molecule has 1 saturated carbocycles. The van der Waals surface area contributed by atoms with Crippen LogP contribution >= 0.6 is 0 Å². The summed E-state index contributed by atoms with van der Waals surface area (Å²) >= 11 is 0. The number of aliphatic hydroxyl groups excluding tert-OH is 1. The highest BCUT2D eigenvalue weighted by Crippen LogP contribution is 2.40. The summed E-state index contributed by atoms with van der Waals surface area (Å²) in [6.45, 7) is 9.01. The number of aliphatic hydroxyl groups is 1. The summed E-state index contributed by atoms with van der Waals surface area (Å²) in [5.41, 5.74) is 0.495. The van der Waals surface area contributed by atoms with Crippen LogP contribution < -0.4 is 0 Å². The van der Waals surface area contributed by atoms with Crippen molar-refractivity contribution in [1.82, 2.24) is 0 Å². The van der Waals surface area contributed by atoms with Gasteiger partial charge in [0.15, 0.2) is 0 Å². The van der Waals surface area contributed by atoms with E-state index in [-0.39, 0.29) is 6.10 Å². The van der Waals surface area contributed by atoms with Crippen molar-refractivity contribution in [2.45, 2.75) is 72.3 Å². The van der Waals surface area contributed by atoms with Gasteiger partial charge in [0.1, 0.15) is 0 Å². The van der Waals surface area contributed by atoms with Gasteiger partial charge < -0.3 is 5.11 Å². The molecule has 0 heterocycles. The lowest BCUT2D eigenvalue weighted by Gasteiger charge is -2.37. The van der Waals surface area contributed by atoms with E-state index < -0.39 is 0 Å². The van der Waals surface area contributed by atoms with Gasteiger partial charge in [-0.15, -0.1) is 0 Å². The average molecular weight is 212 g/mol. The van der Waals surface area contributed by atoms with Gasteiger partial charge in [0.2, 0.25) is 0 Å². The molecule has 90 valence electrons. The molecule has 15 heavy (non-hydrogen) atoms. The Morgan fingerprint density at radius 3 is 2.07 bits per heavy atom. The van der Waals surface area contributed by atoms with Crippen molar-refractivity contribution < 1.29 is 5.11 Å². The Morgan fingerprint density at radius 2 is 1.67 bits per heavy atom. The molecule has 1 aliphatic rings. The summed E-state index contributed by atoms with van der Waals surface area (Å²) in [4.78, 5) is 0. The molecule has 1 atom stereocenters. The third-order valence-electron chi connectivity index (χ3n) is 4.06. The molecule has 1 rings (SSSR count). The molecular formula is C14H28O. The van der Waals surface area contributed by atoms with E-state index in [1.54, 1.807) is 0 Å². The highest BCUT2D eigenvalue weighted by molar-refractivity contribution is 4.80. The van der Waals surface area contributed by atoms with Gasteiger partial charge in [0.05, 0.1) is 6.10 Å². The lowest BCUT2D eigenvalue weighted by atomic mass is 9.69. The number of hydrogen-bond donors (Lipinski definition) is 1. The summed E-state index contributed by atoms with van der Waals surface area (Å²) < 4.78 is 0. The van der Waals surface area contributed by atoms with E-state index >= 15 is 0 Å². The topological polar surface area (TPSA) is 20.2 Å². The van der Waals surface area contributed by atoms with Crippen molar-refractivity contribution in [3.63, 3.8) is 0 Å². The van der Waals surface area contributed by atoms with Crippen molar-refractivity contribution in [2.24, 2.45) is 17.3 Å². The third kappa shape index (κ3) is 4.55. The molecule has 1 fully saturated rings. The van der Waals surface area contributed by atoms with Crippen molar-refractivity contribution in [2.75, 3.05) is 0 Å². The fourth-order valence-corrected chi connectivity index (χ4v) is 2.79. The van der Waals surface area contributed by atoms with Gasteiger partial charge >= 0.3 is 0 Å². The van der Waals surface area contributed by atoms with Crippen LogP contribution in [0, 0.1) is 17.3 Å². The van der Waals surface area contributed by atoms with Gasteiger partial charge in [-0.1, -0.05) is 33.6 Å². The van der Waals surface area contributed by atoms with Crippen LogP contribution in [-0.4, -0.2) is 11.2 Å². The second-order valence-electron chi connectivity index (χ2n) is 6.51. The van der Waals surface area contributed by atoms with Crippen LogP contribution in [0.3, 0.4) is 0 Å². The Hall–Kier alpha value is -0.0400. The van der Waals surface area contributed by atoms with Crippen LogP contribution in [-0.2, 0) is 0 Å². The predicted octanol–water partition coefficient (Wildman–Crippen LogP) is 4.00. The lowest BCUT2D eigenvalue weighted by Crippen LogP contribution is -2.26. The predicted molar refractivity (Wildman–Crippen MR) is 65.8 cm³/mol. The van der Waals surface area contributed by atoms with Gasteiger partial charge in [-0.25, -0.2) is 0 Å². The highest BCUT2D eigenvalue weighted by Gasteiger charge is 2.29. The van der Waals surface area contributed by atoms with Crippen LogP contribution in [0.1, 0.15) is 66.2 Å². The lowest BCUT2D eigenvalue weighted by molar-refractivity contribution is 0.129. The molecule has 0 aromatic rings. The highest BCUT2D eigenvalue weighted by atomic mass is 16.3. The van der Waals surface area contributed by atoms with E-state index in [0.717, 1.165) is 18.3 Å². The number of rotatable bonds is 3. The van der Waals surface area contributed by atoms with Gasteiger partial charge in [-0.3, -0.25) is 0 Å². The Labute approximate surface area is 95.3 Å². The van der Waals surface area contributed by atoms with Crippen molar-refractivity contribution in [1.29, 1.82) is 0 Å². The zero-order chi connectivity index (χ0) is 11.5. The SMILES string of the molecule is CC(O)CCC1CCC(C(C)(C)C)CC1. The standard InChI is InChI=1S/C14H28O/c1-11(15)5-6-12-7-9-13(10-8-12)14(2,3)4/h11-13,15H,5-10H2,1-4H3. The first-order valence-corrected chi connectivity index (χ1v) is 6.57. The first-order chi connectivity index (χ1) is 6.89. The maximum Gasteiger partial charge on any atom is 0.0512 e. The Balaban J connectivity index is 2.24. The minimum atomic E-state index is -0.106. The minimum Gasteiger partial charge on any atom is -0.393 e. The number of hydrogen-bond acceptors (Lipinski definition) is 1. The average Bonchev–Trinajstić information content (AvgIpc) is 2.14. The van der Waals surface area contributed by atoms with Crippen LogP contribution in [0.2, 0.25) is 0 Å². The van der Waals surface area contributed by atoms with E-state index in [1.165, 1.54) is 32.1 Å². The van der Waals surface area contributed by atoms with Gasteiger partial charge in [-0.05, 0) is 49.9 Å². The van der Waals surface area contributed by atoms with Crippen LogP contribution in [0.15, 0.2) is 0 Å². The van der Waals surface area contributed by atoms with E-state index in [0.29, 0.717) is 5.41 Å². The second kappa shape index (κ2) is 5.34. The molecule has 0 spiro atoms. The summed E-state index contributed by atoms with van der Waals surface area (Å²) in [5, 5.41) is 9.26. The molecule has 0 amide bonds. The fourth-order valence-electron chi connectivity index (χ4n) is 2.79. The molecule has 1 aliphatic carbocycles. The maximum atomic E-state index is 9.26. The molecule has 1 unspecified atom stereocenters. The smallest absolute Gasteiger partial charge is 0.0512 e. The zero-order valence-corrected chi connectivity index (χ0v) is 10.9. The van der Waals surface area contributed by atoms with Gasteiger partial charge in [-0.2, -0.15) is 0 Å². The molecule has 0 aliphatic heterocycles. The zero-order valence-electron chi connectivity index (χ0n) is 10.9. The van der Waals surface area contributed by atoms with E-state index in [2.05, 4.69) is 20.8 Å². The first-order valence-electron chi connectivity index (χ1n) is 6.57. The Kier molecular flexibility index (Phi) is 4.64. The normalized spacial score (nSPS) is 30.2. The van der Waals surface area contributed by atoms with Crippen LogP contribution in [0.5, 0.6) is 0 Å².